The third-order valence-electron chi connectivity index (χ3n) is 4.01. The largest absolute Gasteiger partial charge is 0.332 e. The number of aryl methyl sites for hydroxylation is 1. The second kappa shape index (κ2) is 8.57. The quantitative estimate of drug-likeness (QED) is 0.355. The molecule has 0 fully saturated rings. The number of halogens is 5. The lowest BCUT2D eigenvalue weighted by Gasteiger charge is -2.14. The molecule has 0 radical (unpaired) electrons. The molecule has 1 heterocycles. The van der Waals surface area contributed by atoms with Crippen molar-refractivity contribution < 1.29 is 26.7 Å². The predicted octanol–water partition coefficient (Wildman–Crippen LogP) is 4.57. The minimum atomic E-state index is -2.96. The van der Waals surface area contributed by atoms with Gasteiger partial charge in [0.2, 0.25) is 0 Å². The third-order valence-corrected chi connectivity index (χ3v) is 4.21. The van der Waals surface area contributed by atoms with Gasteiger partial charge in [-0.25, -0.2) is 22.0 Å². The van der Waals surface area contributed by atoms with Crippen LogP contribution in [0.4, 0.5) is 27.6 Å². The zero-order valence-electron chi connectivity index (χ0n) is 15.2. The Bertz CT molecular complexity index is 1110. The van der Waals surface area contributed by atoms with Gasteiger partial charge in [-0.05, 0) is 36.0 Å². The van der Waals surface area contributed by atoms with Gasteiger partial charge in [-0.3, -0.25) is 14.8 Å². The number of carbonyl (C=O) groups excluding carboxylic acids is 1. The highest BCUT2D eigenvalue weighted by atomic mass is 32.1. The van der Waals surface area contributed by atoms with Crippen LogP contribution in [0, 0.1) is 17.5 Å². The van der Waals surface area contributed by atoms with Crippen LogP contribution in [-0.2, 0) is 7.05 Å². The van der Waals surface area contributed by atoms with Crippen molar-refractivity contribution in [3.8, 4) is 11.1 Å². The summed E-state index contributed by atoms with van der Waals surface area (Å²) in [6.45, 7) is 0. The summed E-state index contributed by atoms with van der Waals surface area (Å²) < 4.78 is 67.6. The molecule has 3 aromatic rings. The summed E-state index contributed by atoms with van der Waals surface area (Å²) in [5.74, 6) is -5.25. The van der Waals surface area contributed by atoms with E-state index in [4.69, 9.17) is 12.2 Å². The molecule has 0 aliphatic rings. The number of hydrogen-bond donors (Lipinski definition) is 2. The van der Waals surface area contributed by atoms with Crippen LogP contribution in [0.15, 0.2) is 42.6 Å². The highest BCUT2D eigenvalue weighted by Crippen LogP contribution is 2.30. The molecule has 0 atom stereocenters. The molecule has 1 aromatic heterocycles. The van der Waals surface area contributed by atoms with Gasteiger partial charge in [0.15, 0.2) is 22.6 Å². The van der Waals surface area contributed by atoms with E-state index in [1.165, 1.54) is 19.2 Å². The molecule has 3 rings (SSSR count). The maximum absolute atomic E-state index is 13.6. The van der Waals surface area contributed by atoms with E-state index in [0.717, 1.165) is 23.0 Å². The number of para-hydroxylation sites is 1. The molecule has 2 N–H and O–H groups in total. The van der Waals surface area contributed by atoms with Crippen molar-refractivity contribution in [1.29, 1.82) is 0 Å². The molecule has 1 amide bonds. The molecule has 11 heteroatoms. The van der Waals surface area contributed by atoms with Crippen LogP contribution in [0.3, 0.4) is 0 Å². The fourth-order valence-electron chi connectivity index (χ4n) is 2.72. The molecule has 2 aromatic carbocycles. The predicted molar refractivity (Wildman–Crippen MR) is 104 cm³/mol. The van der Waals surface area contributed by atoms with E-state index in [9.17, 15) is 26.7 Å². The average molecular weight is 440 g/mol. The van der Waals surface area contributed by atoms with Gasteiger partial charge in [0.1, 0.15) is 5.69 Å². The van der Waals surface area contributed by atoms with Crippen molar-refractivity contribution in [1.82, 2.24) is 15.1 Å². The van der Waals surface area contributed by atoms with Crippen molar-refractivity contribution >= 4 is 28.9 Å². The van der Waals surface area contributed by atoms with Crippen LogP contribution in [0.25, 0.3) is 11.1 Å². The summed E-state index contributed by atoms with van der Waals surface area (Å²) in [6.07, 6.45) is -1.84. The average Bonchev–Trinajstić information content (AvgIpc) is 3.08. The third kappa shape index (κ3) is 4.46. The van der Waals surface area contributed by atoms with E-state index in [0.29, 0.717) is 0 Å². The van der Waals surface area contributed by atoms with Crippen molar-refractivity contribution in [2.75, 3.05) is 5.32 Å². The number of benzene rings is 2. The summed E-state index contributed by atoms with van der Waals surface area (Å²) in [5, 5.41) is 8.21. The van der Waals surface area contributed by atoms with Gasteiger partial charge in [0.25, 0.3) is 12.3 Å². The molecule has 0 spiro atoms. The number of nitrogens with zero attached hydrogens (tertiary/aromatic N) is 2. The van der Waals surface area contributed by atoms with Gasteiger partial charge >= 0.3 is 0 Å². The first-order valence-corrected chi connectivity index (χ1v) is 8.76. The zero-order valence-corrected chi connectivity index (χ0v) is 16.0. The Balaban J connectivity index is 1.83. The number of thiocarbonyl (C=S) groups is 1. The van der Waals surface area contributed by atoms with Gasteiger partial charge < -0.3 is 5.32 Å². The van der Waals surface area contributed by atoms with Gasteiger partial charge in [-0.1, -0.05) is 18.2 Å². The van der Waals surface area contributed by atoms with E-state index < -0.39 is 35.5 Å². The van der Waals surface area contributed by atoms with Gasteiger partial charge in [0, 0.05) is 24.5 Å². The van der Waals surface area contributed by atoms with Crippen molar-refractivity contribution in [2.45, 2.75) is 6.43 Å². The fraction of sp³-hybridized carbons (Fsp3) is 0.105. The van der Waals surface area contributed by atoms with Crippen LogP contribution in [0.2, 0.25) is 0 Å². The summed E-state index contributed by atoms with van der Waals surface area (Å²) in [6, 6.07) is 7.78. The lowest BCUT2D eigenvalue weighted by atomic mass is 10.0. The maximum atomic E-state index is 13.6. The lowest BCUT2D eigenvalue weighted by Crippen LogP contribution is -2.34. The molecule has 0 saturated carbocycles. The summed E-state index contributed by atoms with van der Waals surface area (Å²) in [4.78, 5) is 12.3. The molecule has 30 heavy (non-hydrogen) atoms. The fourth-order valence-corrected chi connectivity index (χ4v) is 2.92. The van der Waals surface area contributed by atoms with Gasteiger partial charge in [-0.15, -0.1) is 0 Å². The normalized spacial score (nSPS) is 10.9. The van der Waals surface area contributed by atoms with E-state index in [-0.39, 0.29) is 27.5 Å². The number of hydrogen-bond acceptors (Lipinski definition) is 3. The number of rotatable bonds is 4. The molecule has 0 aliphatic heterocycles. The SMILES string of the molecule is Cn1cc(C(=O)NC(=S)Nc2ccccc2-c2cc(F)c(F)c(F)c2)c(C(F)F)n1. The Morgan fingerprint density at radius 2 is 1.77 bits per heavy atom. The monoisotopic (exact) mass is 440 g/mol. The Kier molecular flexibility index (Phi) is 6.11. The van der Waals surface area contributed by atoms with Crippen LogP contribution in [-0.4, -0.2) is 20.8 Å². The Labute approximate surface area is 172 Å². The van der Waals surface area contributed by atoms with Gasteiger partial charge in [0.05, 0.1) is 5.56 Å². The first-order valence-electron chi connectivity index (χ1n) is 8.35. The molecule has 0 aliphatic carbocycles. The van der Waals surface area contributed by atoms with E-state index >= 15 is 0 Å². The highest BCUT2D eigenvalue weighted by Gasteiger charge is 2.23. The number of amides is 1. The highest BCUT2D eigenvalue weighted by molar-refractivity contribution is 7.80. The van der Waals surface area contributed by atoms with E-state index in [2.05, 4.69) is 15.7 Å². The maximum Gasteiger partial charge on any atom is 0.282 e. The standard InChI is InChI=1S/C19H13F5N4OS/c1-28-8-11(16(27-28)17(23)24)18(29)26-19(30)25-14-5-3-2-4-10(14)9-6-12(20)15(22)13(21)7-9/h2-8,17H,1H3,(H2,25,26,29,30). The second-order valence-electron chi connectivity index (χ2n) is 6.11. The molecular weight excluding hydrogens is 427 g/mol. The molecular formula is C19H13F5N4OS. The Hall–Kier alpha value is -3.34. The number of aromatic nitrogens is 2. The number of nitrogens with one attached hydrogen (secondary N) is 2. The van der Waals surface area contributed by atoms with Crippen LogP contribution in [0.1, 0.15) is 22.5 Å². The summed E-state index contributed by atoms with van der Waals surface area (Å²) in [5.41, 5.74) is -0.519. The first-order chi connectivity index (χ1) is 14.2. The topological polar surface area (TPSA) is 59.0 Å². The number of anilines is 1. The first kappa shape index (κ1) is 21.4. The van der Waals surface area contributed by atoms with Crippen molar-refractivity contribution in [2.24, 2.45) is 7.05 Å². The van der Waals surface area contributed by atoms with Crippen molar-refractivity contribution in [3.63, 3.8) is 0 Å². The Morgan fingerprint density at radius 1 is 1.13 bits per heavy atom. The van der Waals surface area contributed by atoms with Crippen LogP contribution in [0.5, 0.6) is 0 Å². The summed E-state index contributed by atoms with van der Waals surface area (Å²) >= 11 is 5.04. The molecule has 5 nitrogen and oxygen atoms in total. The second-order valence-corrected chi connectivity index (χ2v) is 6.52. The van der Waals surface area contributed by atoms with E-state index in [1.54, 1.807) is 12.1 Å². The molecule has 0 saturated heterocycles. The lowest BCUT2D eigenvalue weighted by molar-refractivity contribution is 0.0962. The summed E-state index contributed by atoms with van der Waals surface area (Å²) in [7, 11) is 1.39. The number of alkyl halides is 2. The minimum absolute atomic E-state index is 0.0240. The van der Waals surface area contributed by atoms with E-state index in [1.807, 2.05) is 0 Å². The minimum Gasteiger partial charge on any atom is -0.332 e. The zero-order chi connectivity index (χ0) is 22.0. The van der Waals surface area contributed by atoms with Crippen LogP contribution < -0.4 is 10.6 Å². The smallest absolute Gasteiger partial charge is 0.282 e. The van der Waals surface area contributed by atoms with Crippen LogP contribution >= 0.6 is 12.2 Å². The van der Waals surface area contributed by atoms with Gasteiger partial charge in [-0.2, -0.15) is 5.10 Å². The molecule has 0 bridgehead atoms. The number of carbonyl (C=O) groups is 1. The Morgan fingerprint density at radius 3 is 2.40 bits per heavy atom. The molecule has 156 valence electrons. The molecule has 0 unspecified atom stereocenters. The van der Waals surface area contributed by atoms with Crippen molar-refractivity contribution in [3.05, 3.63) is 71.3 Å².